The number of rotatable bonds is 5. The van der Waals surface area contributed by atoms with Gasteiger partial charge in [0.2, 0.25) is 0 Å². The predicted octanol–water partition coefficient (Wildman–Crippen LogP) is 1.07. The normalized spacial score (nSPS) is 10.7. The standard InChI is InChI=1S/C16H15FN6O3/c1-3-26-15(25)13-7-12(19-16-20-21-22-23(13)16)14(24)18-8-10-4-5-11(17)9(2)6-10/h4-7H,3,8H2,1-2H3,(H,18,24). The maximum absolute atomic E-state index is 13.3. The summed E-state index contributed by atoms with van der Waals surface area (Å²) >= 11 is 0. The molecule has 0 aliphatic heterocycles. The molecule has 0 saturated heterocycles. The summed E-state index contributed by atoms with van der Waals surface area (Å²) < 4.78 is 19.3. The van der Waals surface area contributed by atoms with Gasteiger partial charge in [0.1, 0.15) is 11.5 Å². The number of hydrogen-bond donors (Lipinski definition) is 1. The SMILES string of the molecule is CCOC(=O)c1cc(C(=O)NCc2ccc(F)c(C)c2)nc2nnnn12. The molecule has 10 heteroatoms. The summed E-state index contributed by atoms with van der Waals surface area (Å²) in [5, 5.41) is 13.4. The van der Waals surface area contributed by atoms with E-state index < -0.39 is 11.9 Å². The Morgan fingerprint density at radius 2 is 2.12 bits per heavy atom. The summed E-state index contributed by atoms with van der Waals surface area (Å²) in [5.74, 6) is -1.51. The van der Waals surface area contributed by atoms with Gasteiger partial charge in [0.25, 0.3) is 11.7 Å². The number of benzene rings is 1. The lowest BCUT2D eigenvalue weighted by molar-refractivity contribution is 0.0515. The van der Waals surface area contributed by atoms with Gasteiger partial charge in [-0.05, 0) is 41.5 Å². The van der Waals surface area contributed by atoms with Crippen molar-refractivity contribution in [3.63, 3.8) is 0 Å². The highest BCUT2D eigenvalue weighted by Gasteiger charge is 2.19. The molecule has 3 rings (SSSR count). The van der Waals surface area contributed by atoms with Crippen LogP contribution in [-0.2, 0) is 11.3 Å². The first-order chi connectivity index (χ1) is 12.5. The predicted molar refractivity (Wildman–Crippen MR) is 86.8 cm³/mol. The minimum atomic E-state index is -0.671. The quantitative estimate of drug-likeness (QED) is 0.679. The second-order valence-corrected chi connectivity index (χ2v) is 5.40. The highest BCUT2D eigenvalue weighted by Crippen LogP contribution is 2.10. The average Bonchev–Trinajstić information content (AvgIpc) is 3.10. The fraction of sp³-hybridized carbons (Fsp3) is 0.250. The molecular formula is C16H15FN6O3. The Morgan fingerprint density at radius 1 is 1.31 bits per heavy atom. The Kier molecular flexibility index (Phi) is 4.83. The van der Waals surface area contributed by atoms with Crippen molar-refractivity contribution in [3.8, 4) is 0 Å². The lowest BCUT2D eigenvalue weighted by atomic mass is 10.1. The maximum atomic E-state index is 13.3. The van der Waals surface area contributed by atoms with E-state index in [-0.39, 0.29) is 36.1 Å². The third kappa shape index (κ3) is 3.48. The molecule has 1 amide bonds. The van der Waals surface area contributed by atoms with Crippen LogP contribution in [0.1, 0.15) is 39.0 Å². The molecule has 0 fully saturated rings. The Hall–Kier alpha value is -3.43. The van der Waals surface area contributed by atoms with E-state index in [1.807, 2.05) is 0 Å². The highest BCUT2D eigenvalue weighted by molar-refractivity contribution is 5.96. The molecule has 0 saturated carbocycles. The van der Waals surface area contributed by atoms with Crippen LogP contribution in [0.5, 0.6) is 0 Å². The number of fused-ring (bicyclic) bond motifs is 1. The van der Waals surface area contributed by atoms with Crippen LogP contribution < -0.4 is 5.32 Å². The number of tetrazole rings is 1. The van der Waals surface area contributed by atoms with Crippen LogP contribution in [0.15, 0.2) is 24.3 Å². The summed E-state index contributed by atoms with van der Waals surface area (Å²) in [7, 11) is 0. The van der Waals surface area contributed by atoms with Crippen molar-refractivity contribution in [1.82, 2.24) is 30.3 Å². The van der Waals surface area contributed by atoms with Crippen molar-refractivity contribution in [2.75, 3.05) is 6.61 Å². The zero-order chi connectivity index (χ0) is 18.7. The molecule has 26 heavy (non-hydrogen) atoms. The lowest BCUT2D eigenvalue weighted by Gasteiger charge is -2.08. The van der Waals surface area contributed by atoms with Gasteiger partial charge in [0, 0.05) is 12.6 Å². The van der Waals surface area contributed by atoms with Crippen LogP contribution in [-0.4, -0.2) is 43.5 Å². The molecule has 3 aromatic rings. The van der Waals surface area contributed by atoms with Gasteiger partial charge in [0.15, 0.2) is 5.69 Å². The number of ether oxygens (including phenoxy) is 1. The van der Waals surface area contributed by atoms with Gasteiger partial charge in [-0.25, -0.2) is 14.2 Å². The third-order valence-corrected chi connectivity index (χ3v) is 3.57. The third-order valence-electron chi connectivity index (χ3n) is 3.57. The number of esters is 1. The first-order valence-corrected chi connectivity index (χ1v) is 7.79. The molecule has 2 aromatic heterocycles. The second-order valence-electron chi connectivity index (χ2n) is 5.40. The number of nitrogens with one attached hydrogen (secondary N) is 1. The van der Waals surface area contributed by atoms with E-state index in [1.165, 1.54) is 12.1 Å². The average molecular weight is 358 g/mol. The fourth-order valence-electron chi connectivity index (χ4n) is 2.30. The van der Waals surface area contributed by atoms with Crippen LogP contribution in [0.4, 0.5) is 4.39 Å². The van der Waals surface area contributed by atoms with Crippen molar-refractivity contribution in [2.45, 2.75) is 20.4 Å². The van der Waals surface area contributed by atoms with Crippen molar-refractivity contribution >= 4 is 17.7 Å². The molecule has 0 atom stereocenters. The van der Waals surface area contributed by atoms with Gasteiger partial charge >= 0.3 is 5.97 Å². The Bertz CT molecular complexity index is 987. The largest absolute Gasteiger partial charge is 0.461 e. The van der Waals surface area contributed by atoms with Gasteiger partial charge < -0.3 is 10.1 Å². The maximum Gasteiger partial charge on any atom is 0.357 e. The molecule has 0 bridgehead atoms. The summed E-state index contributed by atoms with van der Waals surface area (Å²) in [6, 6.07) is 5.80. The van der Waals surface area contributed by atoms with Gasteiger partial charge in [0.05, 0.1) is 6.61 Å². The van der Waals surface area contributed by atoms with Crippen molar-refractivity contribution in [1.29, 1.82) is 0 Å². The van der Waals surface area contributed by atoms with Gasteiger partial charge in [-0.2, -0.15) is 4.52 Å². The number of aryl methyl sites for hydroxylation is 1. The molecule has 9 nitrogen and oxygen atoms in total. The molecular weight excluding hydrogens is 343 g/mol. The Labute approximate surface area is 147 Å². The fourth-order valence-corrected chi connectivity index (χ4v) is 2.30. The smallest absolute Gasteiger partial charge is 0.357 e. The van der Waals surface area contributed by atoms with E-state index in [1.54, 1.807) is 26.0 Å². The number of carbonyl (C=O) groups excluding carboxylic acids is 2. The summed E-state index contributed by atoms with van der Waals surface area (Å²) in [6.45, 7) is 3.64. The zero-order valence-corrected chi connectivity index (χ0v) is 14.1. The van der Waals surface area contributed by atoms with Crippen LogP contribution in [0.25, 0.3) is 5.78 Å². The number of carbonyl (C=O) groups is 2. The Morgan fingerprint density at radius 3 is 2.85 bits per heavy atom. The van der Waals surface area contributed by atoms with Gasteiger partial charge in [-0.3, -0.25) is 4.79 Å². The topological polar surface area (TPSA) is 111 Å². The van der Waals surface area contributed by atoms with E-state index >= 15 is 0 Å². The minimum absolute atomic E-state index is 0.00155. The number of hydrogen-bond acceptors (Lipinski definition) is 7. The number of aromatic nitrogens is 5. The summed E-state index contributed by atoms with van der Waals surface area (Å²) in [6.07, 6.45) is 0. The number of halogens is 1. The van der Waals surface area contributed by atoms with Gasteiger partial charge in [-0.15, -0.1) is 0 Å². The van der Waals surface area contributed by atoms with Crippen LogP contribution >= 0.6 is 0 Å². The van der Waals surface area contributed by atoms with E-state index in [2.05, 4.69) is 25.8 Å². The number of amides is 1. The molecule has 0 radical (unpaired) electrons. The van der Waals surface area contributed by atoms with Crippen molar-refractivity contribution in [2.24, 2.45) is 0 Å². The summed E-state index contributed by atoms with van der Waals surface area (Å²) in [4.78, 5) is 28.5. The highest BCUT2D eigenvalue weighted by atomic mass is 19.1. The van der Waals surface area contributed by atoms with Crippen LogP contribution in [0, 0.1) is 12.7 Å². The molecule has 0 spiro atoms. The van der Waals surface area contributed by atoms with Crippen molar-refractivity contribution in [3.05, 3.63) is 52.6 Å². The second kappa shape index (κ2) is 7.21. The van der Waals surface area contributed by atoms with E-state index in [0.717, 1.165) is 10.1 Å². The molecule has 0 aliphatic rings. The van der Waals surface area contributed by atoms with Crippen LogP contribution in [0.2, 0.25) is 0 Å². The molecule has 2 heterocycles. The van der Waals surface area contributed by atoms with E-state index in [0.29, 0.717) is 5.56 Å². The molecule has 1 aromatic carbocycles. The first-order valence-electron chi connectivity index (χ1n) is 7.79. The summed E-state index contributed by atoms with van der Waals surface area (Å²) in [5.41, 5.74) is 1.17. The van der Waals surface area contributed by atoms with E-state index in [4.69, 9.17) is 4.74 Å². The first kappa shape index (κ1) is 17.4. The van der Waals surface area contributed by atoms with Gasteiger partial charge in [-0.1, -0.05) is 17.2 Å². The van der Waals surface area contributed by atoms with E-state index in [9.17, 15) is 14.0 Å². The van der Waals surface area contributed by atoms with Crippen molar-refractivity contribution < 1.29 is 18.7 Å². The Balaban J connectivity index is 1.83. The van der Waals surface area contributed by atoms with Crippen LogP contribution in [0.3, 0.4) is 0 Å². The minimum Gasteiger partial charge on any atom is -0.461 e. The molecule has 1 N–H and O–H groups in total. The molecule has 0 aliphatic carbocycles. The molecule has 0 unspecified atom stereocenters. The number of nitrogens with zero attached hydrogens (tertiary/aromatic N) is 5. The zero-order valence-electron chi connectivity index (χ0n) is 14.1. The molecule has 134 valence electrons. The lowest BCUT2D eigenvalue weighted by Crippen LogP contribution is -2.25. The monoisotopic (exact) mass is 358 g/mol.